The van der Waals surface area contributed by atoms with Gasteiger partial charge < -0.3 is 14.5 Å². The van der Waals surface area contributed by atoms with E-state index in [2.05, 4.69) is 0 Å². The fourth-order valence-electron chi connectivity index (χ4n) is 4.25. The van der Waals surface area contributed by atoms with Gasteiger partial charge in [-0.25, -0.2) is 9.69 Å². The van der Waals surface area contributed by atoms with Crippen molar-refractivity contribution >= 4 is 23.5 Å². The molecule has 2 saturated heterocycles. The summed E-state index contributed by atoms with van der Waals surface area (Å²) in [5, 5.41) is 1.73. The normalized spacial score (nSPS) is 30.5. The second kappa shape index (κ2) is 5.81. The zero-order chi connectivity index (χ0) is 18.5. The van der Waals surface area contributed by atoms with Gasteiger partial charge in [0.05, 0.1) is 19.1 Å². The van der Waals surface area contributed by atoms with Crippen LogP contribution in [-0.4, -0.2) is 30.4 Å². The molecule has 0 bridgehead atoms. The summed E-state index contributed by atoms with van der Waals surface area (Å²) in [6.07, 6.45) is 1.52. The van der Waals surface area contributed by atoms with Crippen LogP contribution in [0.4, 0.5) is 5.69 Å². The lowest BCUT2D eigenvalue weighted by atomic mass is 9.81. The van der Waals surface area contributed by atoms with Crippen molar-refractivity contribution in [2.45, 2.75) is 18.5 Å². The number of quaternary nitrogens is 1. The summed E-state index contributed by atoms with van der Waals surface area (Å²) in [6, 6.07) is 11.8. The SMILES string of the molecule is COC(=O)[C@]1(C)[NH2+][C@@H](c2ccco2)[C@H]2C(=O)N(c3ccccc3)C(=O)[C@@H]21. The highest BCUT2D eigenvalue weighted by Crippen LogP contribution is 2.45. The van der Waals surface area contributed by atoms with Gasteiger partial charge in [-0.15, -0.1) is 0 Å². The van der Waals surface area contributed by atoms with E-state index in [1.165, 1.54) is 18.3 Å². The van der Waals surface area contributed by atoms with Gasteiger partial charge in [-0.05, 0) is 24.3 Å². The number of nitrogens with two attached hydrogens (primary N) is 1. The minimum Gasteiger partial charge on any atom is -0.464 e. The summed E-state index contributed by atoms with van der Waals surface area (Å²) in [5.41, 5.74) is -0.699. The van der Waals surface area contributed by atoms with Gasteiger partial charge in [0.1, 0.15) is 11.8 Å². The van der Waals surface area contributed by atoms with Gasteiger partial charge in [0.2, 0.25) is 17.4 Å². The maximum Gasteiger partial charge on any atom is 0.368 e. The molecule has 26 heavy (non-hydrogen) atoms. The van der Waals surface area contributed by atoms with Crippen LogP contribution in [-0.2, 0) is 19.1 Å². The molecule has 7 heteroatoms. The van der Waals surface area contributed by atoms with Crippen LogP contribution in [0.2, 0.25) is 0 Å². The largest absolute Gasteiger partial charge is 0.464 e. The number of para-hydroxylation sites is 1. The van der Waals surface area contributed by atoms with Crippen molar-refractivity contribution in [3.63, 3.8) is 0 Å². The van der Waals surface area contributed by atoms with E-state index < -0.39 is 29.4 Å². The summed E-state index contributed by atoms with van der Waals surface area (Å²) in [4.78, 5) is 40.1. The molecule has 134 valence electrons. The fourth-order valence-corrected chi connectivity index (χ4v) is 4.25. The first-order chi connectivity index (χ1) is 12.5. The number of ether oxygens (including phenoxy) is 1. The van der Waals surface area contributed by atoms with Crippen molar-refractivity contribution in [2.75, 3.05) is 12.0 Å². The van der Waals surface area contributed by atoms with Crippen molar-refractivity contribution in [1.82, 2.24) is 0 Å². The van der Waals surface area contributed by atoms with E-state index in [4.69, 9.17) is 9.15 Å². The number of carbonyl (C=O) groups is 3. The third-order valence-corrected chi connectivity index (χ3v) is 5.42. The van der Waals surface area contributed by atoms with Crippen LogP contribution in [0.1, 0.15) is 18.7 Å². The van der Waals surface area contributed by atoms with Crippen molar-refractivity contribution in [2.24, 2.45) is 11.8 Å². The Hall–Kier alpha value is -2.93. The molecule has 4 rings (SSSR count). The monoisotopic (exact) mass is 355 g/mol. The Morgan fingerprint density at radius 2 is 1.88 bits per heavy atom. The zero-order valence-electron chi connectivity index (χ0n) is 14.4. The van der Waals surface area contributed by atoms with E-state index in [0.717, 1.165) is 0 Å². The van der Waals surface area contributed by atoms with Crippen molar-refractivity contribution < 1.29 is 28.9 Å². The second-order valence-electron chi connectivity index (χ2n) is 6.83. The maximum absolute atomic E-state index is 13.2. The third kappa shape index (κ3) is 2.13. The number of hydrogen-bond donors (Lipinski definition) is 1. The van der Waals surface area contributed by atoms with E-state index in [1.54, 1.807) is 48.6 Å². The number of amides is 2. The lowest BCUT2D eigenvalue weighted by Crippen LogP contribution is -2.97. The Bertz CT molecular complexity index is 863. The molecule has 2 amide bonds. The maximum atomic E-state index is 13.2. The molecule has 0 unspecified atom stereocenters. The van der Waals surface area contributed by atoms with Gasteiger partial charge in [-0.1, -0.05) is 18.2 Å². The van der Waals surface area contributed by atoms with Crippen molar-refractivity contribution in [1.29, 1.82) is 0 Å². The van der Waals surface area contributed by atoms with Crippen LogP contribution < -0.4 is 10.2 Å². The highest BCUT2D eigenvalue weighted by atomic mass is 16.5. The van der Waals surface area contributed by atoms with Crippen LogP contribution in [0.25, 0.3) is 0 Å². The predicted octanol–water partition coefficient (Wildman–Crippen LogP) is 0.635. The number of anilines is 1. The number of imide groups is 1. The summed E-state index contributed by atoms with van der Waals surface area (Å²) in [5.74, 6) is -2.20. The number of fused-ring (bicyclic) bond motifs is 1. The molecule has 2 aliphatic rings. The first kappa shape index (κ1) is 16.5. The highest BCUT2D eigenvalue weighted by Gasteiger charge is 2.71. The van der Waals surface area contributed by atoms with Crippen LogP contribution in [0.3, 0.4) is 0 Å². The Labute approximate surface area is 149 Å². The molecule has 2 aliphatic heterocycles. The van der Waals surface area contributed by atoms with Gasteiger partial charge in [-0.2, -0.15) is 0 Å². The first-order valence-corrected chi connectivity index (χ1v) is 8.39. The summed E-state index contributed by atoms with van der Waals surface area (Å²) < 4.78 is 10.4. The quantitative estimate of drug-likeness (QED) is 0.644. The molecule has 0 radical (unpaired) electrons. The average molecular weight is 355 g/mol. The molecule has 2 N–H and O–H groups in total. The van der Waals surface area contributed by atoms with Gasteiger partial charge in [-0.3, -0.25) is 9.59 Å². The van der Waals surface area contributed by atoms with Crippen LogP contribution in [0, 0.1) is 11.8 Å². The Balaban J connectivity index is 1.83. The molecule has 7 nitrogen and oxygen atoms in total. The smallest absolute Gasteiger partial charge is 0.368 e. The highest BCUT2D eigenvalue weighted by molar-refractivity contribution is 6.23. The zero-order valence-corrected chi connectivity index (χ0v) is 14.4. The molecule has 3 heterocycles. The van der Waals surface area contributed by atoms with E-state index in [-0.39, 0.29) is 11.8 Å². The van der Waals surface area contributed by atoms with Crippen LogP contribution in [0.5, 0.6) is 0 Å². The second-order valence-corrected chi connectivity index (χ2v) is 6.83. The first-order valence-electron chi connectivity index (χ1n) is 8.39. The van der Waals surface area contributed by atoms with Crippen molar-refractivity contribution in [3.8, 4) is 0 Å². The molecular formula is C19H19N2O5+. The number of carbonyl (C=O) groups excluding carboxylic acids is 3. The third-order valence-electron chi connectivity index (χ3n) is 5.42. The van der Waals surface area contributed by atoms with E-state index in [1.807, 2.05) is 6.07 Å². The number of methoxy groups -OCH3 is 1. The van der Waals surface area contributed by atoms with Crippen molar-refractivity contribution in [3.05, 3.63) is 54.5 Å². The van der Waals surface area contributed by atoms with Gasteiger partial charge in [0, 0.05) is 6.92 Å². The Morgan fingerprint density at radius 1 is 1.15 bits per heavy atom. The van der Waals surface area contributed by atoms with E-state index in [9.17, 15) is 14.4 Å². The lowest BCUT2D eigenvalue weighted by Gasteiger charge is -2.25. The molecule has 0 aliphatic carbocycles. The minimum absolute atomic E-state index is 0.323. The van der Waals surface area contributed by atoms with Crippen LogP contribution >= 0.6 is 0 Å². The topological polar surface area (TPSA) is 93.4 Å². The molecule has 0 spiro atoms. The number of furan rings is 1. The molecule has 1 aromatic carbocycles. The summed E-state index contributed by atoms with van der Waals surface area (Å²) >= 11 is 0. The lowest BCUT2D eigenvalue weighted by molar-refractivity contribution is -0.732. The Kier molecular flexibility index (Phi) is 3.69. The Morgan fingerprint density at radius 3 is 2.50 bits per heavy atom. The number of hydrogen-bond acceptors (Lipinski definition) is 5. The molecule has 2 fully saturated rings. The molecule has 2 aromatic rings. The molecular weight excluding hydrogens is 336 g/mol. The number of nitrogens with zero attached hydrogens (tertiary/aromatic N) is 1. The summed E-state index contributed by atoms with van der Waals surface area (Å²) in [6.45, 7) is 1.65. The molecule has 4 atom stereocenters. The van der Waals surface area contributed by atoms with Crippen LogP contribution in [0.15, 0.2) is 53.1 Å². The predicted molar refractivity (Wildman–Crippen MR) is 89.7 cm³/mol. The van der Waals surface area contributed by atoms with Gasteiger partial charge in [0.15, 0.2) is 11.8 Å². The van der Waals surface area contributed by atoms with E-state index in [0.29, 0.717) is 11.4 Å². The van der Waals surface area contributed by atoms with Gasteiger partial charge >= 0.3 is 5.97 Å². The number of benzene rings is 1. The average Bonchev–Trinajstić information content (AvgIpc) is 3.33. The van der Waals surface area contributed by atoms with Gasteiger partial charge in [0.25, 0.3) is 0 Å². The molecule has 0 saturated carbocycles. The van der Waals surface area contributed by atoms with E-state index >= 15 is 0 Å². The summed E-state index contributed by atoms with van der Waals surface area (Å²) in [7, 11) is 1.28. The number of rotatable bonds is 3. The minimum atomic E-state index is -1.20. The number of esters is 1. The standard InChI is InChI=1S/C19H18N2O5/c1-19(18(24)25-2)14-13(15(20-19)12-9-6-10-26-12)16(22)21(17(14)23)11-7-4-3-5-8-11/h3-10,13-15,20H,1-2H3/p+1/t13-,14+,15-,19+/m0/s1. The fraction of sp³-hybridized carbons (Fsp3) is 0.316. The molecule has 1 aromatic heterocycles.